The molecule has 0 fully saturated rings. The van der Waals surface area contributed by atoms with Crippen LogP contribution < -0.4 is 5.73 Å². The highest BCUT2D eigenvalue weighted by Gasteiger charge is 2.24. The second kappa shape index (κ2) is 6.73. The molecule has 0 aliphatic rings. The lowest BCUT2D eigenvalue weighted by Crippen LogP contribution is -2.39. The summed E-state index contributed by atoms with van der Waals surface area (Å²) in [5.74, 6) is 0.978. The number of hydrogen-bond donors (Lipinski definition) is 1. The smallest absolute Gasteiger partial charge is 0.117 e. The molecule has 0 saturated heterocycles. The van der Waals surface area contributed by atoms with Gasteiger partial charge in [-0.3, -0.25) is 4.90 Å². The zero-order valence-electron chi connectivity index (χ0n) is 12.5. The monoisotopic (exact) mass is 272 g/mol. The van der Waals surface area contributed by atoms with E-state index in [1.165, 1.54) is 11.1 Å². The maximum atomic E-state index is 6.27. The van der Waals surface area contributed by atoms with Crippen LogP contribution in [0, 0.1) is 6.92 Å². The molecule has 0 amide bonds. The molecule has 1 heterocycles. The van der Waals surface area contributed by atoms with Gasteiger partial charge in [-0.05, 0) is 43.7 Å². The Morgan fingerprint density at radius 2 is 1.95 bits per heavy atom. The van der Waals surface area contributed by atoms with Crippen molar-refractivity contribution in [1.82, 2.24) is 4.90 Å². The molecular formula is C17H24N2O. The summed E-state index contributed by atoms with van der Waals surface area (Å²) in [5, 5.41) is 0. The van der Waals surface area contributed by atoms with Crippen LogP contribution in [0.25, 0.3) is 0 Å². The molecule has 0 saturated carbocycles. The van der Waals surface area contributed by atoms with Gasteiger partial charge in [0.05, 0.1) is 18.8 Å². The van der Waals surface area contributed by atoms with Crippen molar-refractivity contribution >= 4 is 0 Å². The van der Waals surface area contributed by atoms with Crippen LogP contribution in [0.1, 0.15) is 36.8 Å². The third-order valence-corrected chi connectivity index (χ3v) is 3.74. The number of rotatable bonds is 6. The lowest BCUT2D eigenvalue weighted by atomic mass is 9.95. The van der Waals surface area contributed by atoms with Crippen molar-refractivity contribution in [2.75, 3.05) is 6.54 Å². The van der Waals surface area contributed by atoms with E-state index >= 15 is 0 Å². The molecule has 0 bridgehead atoms. The molecule has 1 aromatic heterocycles. The minimum atomic E-state index is 0.0611. The second-order valence-electron chi connectivity index (χ2n) is 5.30. The van der Waals surface area contributed by atoms with Crippen molar-refractivity contribution in [1.29, 1.82) is 0 Å². The van der Waals surface area contributed by atoms with Crippen LogP contribution >= 0.6 is 0 Å². The Kier molecular flexibility index (Phi) is 4.99. The van der Waals surface area contributed by atoms with Crippen LogP contribution in [0.5, 0.6) is 0 Å². The third kappa shape index (κ3) is 3.30. The fourth-order valence-corrected chi connectivity index (χ4v) is 2.74. The molecule has 0 spiro atoms. The summed E-state index contributed by atoms with van der Waals surface area (Å²) < 4.78 is 5.48. The van der Waals surface area contributed by atoms with E-state index in [4.69, 9.17) is 10.2 Å². The van der Waals surface area contributed by atoms with Gasteiger partial charge in [-0.25, -0.2) is 0 Å². The molecule has 2 N–H and O–H groups in total. The van der Waals surface area contributed by atoms with E-state index in [0.717, 1.165) is 18.8 Å². The quantitative estimate of drug-likeness (QED) is 0.875. The first-order valence-corrected chi connectivity index (χ1v) is 7.21. The average molecular weight is 272 g/mol. The summed E-state index contributed by atoms with van der Waals surface area (Å²) in [4.78, 5) is 2.37. The van der Waals surface area contributed by atoms with Crippen molar-refractivity contribution in [2.45, 2.75) is 39.4 Å². The van der Waals surface area contributed by atoms with E-state index in [0.29, 0.717) is 0 Å². The third-order valence-electron chi connectivity index (χ3n) is 3.74. The van der Waals surface area contributed by atoms with Gasteiger partial charge in [0.15, 0.2) is 0 Å². The number of nitrogens with zero attached hydrogens (tertiary/aromatic N) is 1. The first-order valence-electron chi connectivity index (χ1n) is 7.21. The van der Waals surface area contributed by atoms with Crippen molar-refractivity contribution in [3.8, 4) is 0 Å². The largest absolute Gasteiger partial charge is 0.468 e. The highest BCUT2D eigenvalue weighted by atomic mass is 16.3. The van der Waals surface area contributed by atoms with Crippen LogP contribution in [0.15, 0.2) is 47.1 Å². The lowest BCUT2D eigenvalue weighted by molar-refractivity contribution is 0.163. The number of aryl methyl sites for hydroxylation is 1. The minimum absolute atomic E-state index is 0.0611. The van der Waals surface area contributed by atoms with E-state index in [9.17, 15) is 0 Å². The molecule has 3 nitrogen and oxygen atoms in total. The molecular weight excluding hydrogens is 248 g/mol. The first-order chi connectivity index (χ1) is 9.63. The van der Waals surface area contributed by atoms with Gasteiger partial charge in [0, 0.05) is 6.04 Å². The van der Waals surface area contributed by atoms with Crippen molar-refractivity contribution in [3.05, 3.63) is 59.5 Å². The fraction of sp³-hybridized carbons (Fsp3) is 0.412. The van der Waals surface area contributed by atoms with Crippen LogP contribution in [0.3, 0.4) is 0 Å². The topological polar surface area (TPSA) is 42.4 Å². The summed E-state index contributed by atoms with van der Waals surface area (Å²) in [7, 11) is 0. The Bertz CT molecular complexity index is 520. The SMILES string of the molecule is CCN(Cc1ccco1)C(c1ccccc1C)C(C)N. The number of furan rings is 1. The summed E-state index contributed by atoms with van der Waals surface area (Å²) in [6, 6.07) is 12.7. The van der Waals surface area contributed by atoms with E-state index in [2.05, 4.69) is 49.9 Å². The second-order valence-corrected chi connectivity index (χ2v) is 5.30. The number of likely N-dealkylation sites (N-methyl/N-ethyl adjacent to an activating group) is 1. The Labute approximate surface area is 121 Å². The molecule has 2 aromatic rings. The van der Waals surface area contributed by atoms with Gasteiger partial charge < -0.3 is 10.2 Å². The fourth-order valence-electron chi connectivity index (χ4n) is 2.74. The maximum absolute atomic E-state index is 6.27. The number of nitrogens with two attached hydrogens (primary N) is 1. The number of benzene rings is 1. The van der Waals surface area contributed by atoms with Gasteiger partial charge in [-0.1, -0.05) is 31.2 Å². The highest BCUT2D eigenvalue weighted by molar-refractivity contribution is 5.30. The van der Waals surface area contributed by atoms with E-state index < -0.39 is 0 Å². The molecule has 3 heteroatoms. The Hall–Kier alpha value is -1.58. The van der Waals surface area contributed by atoms with Gasteiger partial charge in [0.25, 0.3) is 0 Å². The van der Waals surface area contributed by atoms with Gasteiger partial charge >= 0.3 is 0 Å². The molecule has 108 valence electrons. The summed E-state index contributed by atoms with van der Waals surface area (Å²) in [6.07, 6.45) is 1.72. The van der Waals surface area contributed by atoms with Crippen LogP contribution in [-0.2, 0) is 6.54 Å². The molecule has 2 unspecified atom stereocenters. The molecule has 20 heavy (non-hydrogen) atoms. The van der Waals surface area contributed by atoms with E-state index in [1.807, 2.05) is 12.1 Å². The maximum Gasteiger partial charge on any atom is 0.117 e. The van der Waals surface area contributed by atoms with Crippen LogP contribution in [0.4, 0.5) is 0 Å². The first kappa shape index (κ1) is 14.8. The van der Waals surface area contributed by atoms with E-state index in [1.54, 1.807) is 6.26 Å². The summed E-state index contributed by atoms with van der Waals surface area (Å²) in [5.41, 5.74) is 8.86. The van der Waals surface area contributed by atoms with Crippen molar-refractivity contribution in [2.24, 2.45) is 5.73 Å². The molecule has 1 aromatic carbocycles. The molecule has 2 rings (SSSR count). The Balaban J connectivity index is 2.29. The normalized spacial score (nSPS) is 14.4. The molecule has 0 aliphatic carbocycles. The van der Waals surface area contributed by atoms with Gasteiger partial charge in [-0.15, -0.1) is 0 Å². The predicted molar refractivity (Wildman–Crippen MR) is 82.4 cm³/mol. The standard InChI is InChI=1S/C17H24N2O/c1-4-19(12-15-9-7-11-20-15)17(14(3)18)16-10-6-5-8-13(16)2/h5-11,14,17H,4,12,18H2,1-3H3. The van der Waals surface area contributed by atoms with Crippen molar-refractivity contribution in [3.63, 3.8) is 0 Å². The van der Waals surface area contributed by atoms with Crippen molar-refractivity contribution < 1.29 is 4.42 Å². The minimum Gasteiger partial charge on any atom is -0.468 e. The zero-order valence-corrected chi connectivity index (χ0v) is 12.5. The lowest BCUT2D eigenvalue weighted by Gasteiger charge is -2.34. The average Bonchev–Trinajstić information content (AvgIpc) is 2.92. The molecule has 0 aliphatic heterocycles. The Morgan fingerprint density at radius 3 is 2.50 bits per heavy atom. The van der Waals surface area contributed by atoms with Crippen LogP contribution in [-0.4, -0.2) is 17.5 Å². The van der Waals surface area contributed by atoms with Gasteiger partial charge in [0.1, 0.15) is 5.76 Å². The molecule has 0 radical (unpaired) electrons. The predicted octanol–water partition coefficient (Wildman–Crippen LogP) is 3.50. The Morgan fingerprint density at radius 1 is 1.20 bits per heavy atom. The van der Waals surface area contributed by atoms with Gasteiger partial charge in [-0.2, -0.15) is 0 Å². The van der Waals surface area contributed by atoms with E-state index in [-0.39, 0.29) is 12.1 Å². The highest BCUT2D eigenvalue weighted by Crippen LogP contribution is 2.27. The molecule has 2 atom stereocenters. The van der Waals surface area contributed by atoms with Gasteiger partial charge in [0.2, 0.25) is 0 Å². The summed E-state index contributed by atoms with van der Waals surface area (Å²) >= 11 is 0. The number of hydrogen-bond acceptors (Lipinski definition) is 3. The zero-order chi connectivity index (χ0) is 14.5. The summed E-state index contributed by atoms with van der Waals surface area (Å²) in [6.45, 7) is 8.09. The van der Waals surface area contributed by atoms with Crippen LogP contribution in [0.2, 0.25) is 0 Å².